The Hall–Kier alpha value is -0.136. The third kappa shape index (κ3) is 4.24. The molecule has 144 valence electrons. The van der Waals surface area contributed by atoms with Crippen LogP contribution >= 0.6 is 0 Å². The van der Waals surface area contributed by atoms with E-state index in [0.29, 0.717) is 49.9 Å². The van der Waals surface area contributed by atoms with Gasteiger partial charge in [-0.05, 0) is 67.1 Å². The van der Waals surface area contributed by atoms with Crippen molar-refractivity contribution in [3.8, 4) is 0 Å². The minimum Gasteiger partial charge on any atom is -0.518 e. The number of hydrogen-bond acceptors (Lipinski definition) is 3. The van der Waals surface area contributed by atoms with Crippen LogP contribution in [-0.2, 0) is 13.6 Å². The number of hydrogen-bond donors (Lipinski definition) is 0. The van der Waals surface area contributed by atoms with Crippen LogP contribution in [0.2, 0.25) is 22.2 Å². The van der Waals surface area contributed by atoms with Gasteiger partial charge in [0.1, 0.15) is 0 Å². The molecule has 4 atom stereocenters. The Morgan fingerprint density at radius 3 is 1.84 bits per heavy atom. The number of fused-ring (bicyclic) bond motifs is 2. The molecule has 5 heteroatoms. The van der Waals surface area contributed by atoms with Gasteiger partial charge in [-0.1, -0.05) is 41.5 Å². The van der Waals surface area contributed by atoms with Crippen molar-refractivity contribution in [2.24, 2.45) is 17.8 Å². The molecule has 0 aliphatic heterocycles. The van der Waals surface area contributed by atoms with Gasteiger partial charge in [-0.3, -0.25) is 4.79 Å². The van der Waals surface area contributed by atoms with Crippen LogP contribution in [0.15, 0.2) is 0 Å². The first-order chi connectivity index (χ1) is 11.6. The highest BCUT2D eigenvalue weighted by Gasteiger charge is 2.53. The number of carbonyl (C=O) groups excluding carboxylic acids is 1. The van der Waals surface area contributed by atoms with Gasteiger partial charge in [0.05, 0.1) is 5.92 Å². The first kappa shape index (κ1) is 21.2. The standard InChI is InChI=1S/C20H38O3Si2/c1-12(2)22-24-19-11-16-9-17(19)10-18(16)20(21)23-25(13(3)4,14(5)6)15(7)8/h12-19H,9-11H2,1-8H3. The monoisotopic (exact) mass is 382 g/mol. The zero-order chi connectivity index (χ0) is 18.9. The summed E-state index contributed by atoms with van der Waals surface area (Å²) >= 11 is 0. The molecule has 2 aliphatic carbocycles. The summed E-state index contributed by atoms with van der Waals surface area (Å²) in [5, 5.41) is 0. The molecular formula is C20H38O3Si2. The maximum Gasteiger partial charge on any atom is 0.295 e. The van der Waals surface area contributed by atoms with Gasteiger partial charge in [-0.25, -0.2) is 0 Å². The summed E-state index contributed by atoms with van der Waals surface area (Å²) in [4.78, 5) is 13.1. The molecule has 2 aliphatic rings. The van der Waals surface area contributed by atoms with E-state index in [9.17, 15) is 4.79 Å². The van der Waals surface area contributed by atoms with Gasteiger partial charge in [-0.2, -0.15) is 0 Å². The highest BCUT2D eigenvalue weighted by Crippen LogP contribution is 2.55. The highest BCUT2D eigenvalue weighted by molar-refractivity contribution is 6.78. The van der Waals surface area contributed by atoms with Crippen molar-refractivity contribution < 1.29 is 13.6 Å². The smallest absolute Gasteiger partial charge is 0.295 e. The van der Waals surface area contributed by atoms with Crippen LogP contribution in [0.1, 0.15) is 74.7 Å². The normalized spacial score (nSPS) is 29.4. The predicted molar refractivity (Wildman–Crippen MR) is 107 cm³/mol. The lowest BCUT2D eigenvalue weighted by Crippen LogP contribution is -2.50. The summed E-state index contributed by atoms with van der Waals surface area (Å²) in [5.41, 5.74) is 2.06. The fourth-order valence-corrected chi connectivity index (χ4v) is 12.1. The molecule has 2 rings (SSSR count). The fourth-order valence-electron chi connectivity index (χ4n) is 5.54. The van der Waals surface area contributed by atoms with Crippen LogP contribution < -0.4 is 0 Å². The highest BCUT2D eigenvalue weighted by atomic mass is 28.4. The molecule has 0 N–H and O–H groups in total. The fraction of sp³-hybridized carbons (Fsp3) is 0.950. The summed E-state index contributed by atoms with van der Waals surface area (Å²) in [5.74, 6) is 1.48. The maximum absolute atomic E-state index is 13.1. The Labute approximate surface area is 158 Å². The largest absolute Gasteiger partial charge is 0.518 e. The molecule has 2 saturated carbocycles. The van der Waals surface area contributed by atoms with Crippen molar-refractivity contribution in [1.29, 1.82) is 0 Å². The minimum absolute atomic E-state index is 0.127. The summed E-state index contributed by atoms with van der Waals surface area (Å²) in [7, 11) is -1.50. The molecule has 2 radical (unpaired) electrons. The molecule has 0 amide bonds. The van der Waals surface area contributed by atoms with E-state index < -0.39 is 8.32 Å². The summed E-state index contributed by atoms with van der Waals surface area (Å²) in [6.45, 7) is 17.7. The van der Waals surface area contributed by atoms with E-state index in [1.807, 2.05) is 0 Å². The van der Waals surface area contributed by atoms with Crippen molar-refractivity contribution in [1.82, 2.24) is 0 Å². The van der Waals surface area contributed by atoms with Crippen molar-refractivity contribution in [3.63, 3.8) is 0 Å². The van der Waals surface area contributed by atoms with Crippen LogP contribution in [0.5, 0.6) is 0 Å². The van der Waals surface area contributed by atoms with E-state index in [-0.39, 0.29) is 11.9 Å². The van der Waals surface area contributed by atoms with E-state index in [2.05, 4.69) is 55.4 Å². The molecule has 2 bridgehead atoms. The molecule has 0 aromatic heterocycles. The summed E-state index contributed by atoms with van der Waals surface area (Å²) in [6.07, 6.45) is 3.71. The topological polar surface area (TPSA) is 35.5 Å². The molecule has 3 nitrogen and oxygen atoms in total. The third-order valence-corrected chi connectivity index (χ3v) is 14.2. The molecular weight excluding hydrogens is 344 g/mol. The minimum atomic E-state index is -2.11. The lowest BCUT2D eigenvalue weighted by molar-refractivity contribution is -0.142. The zero-order valence-corrected chi connectivity index (χ0v) is 19.5. The second-order valence-electron chi connectivity index (χ2n) is 9.46. The molecule has 2 fully saturated rings. The van der Waals surface area contributed by atoms with Crippen molar-refractivity contribution in [2.75, 3.05) is 0 Å². The molecule has 0 aromatic rings. The lowest BCUT2D eigenvalue weighted by Gasteiger charge is -2.42. The van der Waals surface area contributed by atoms with Gasteiger partial charge < -0.3 is 8.85 Å². The maximum atomic E-state index is 13.1. The number of rotatable bonds is 8. The molecule has 0 aromatic carbocycles. The molecule has 0 heterocycles. The van der Waals surface area contributed by atoms with E-state index in [1.54, 1.807) is 0 Å². The molecule has 4 unspecified atom stereocenters. The molecule has 25 heavy (non-hydrogen) atoms. The Morgan fingerprint density at radius 2 is 1.44 bits per heavy atom. The first-order valence-corrected chi connectivity index (χ1v) is 13.4. The van der Waals surface area contributed by atoms with E-state index in [1.165, 1.54) is 6.42 Å². The van der Waals surface area contributed by atoms with Gasteiger partial charge in [0.25, 0.3) is 14.3 Å². The average molecular weight is 383 g/mol. The van der Waals surface area contributed by atoms with Gasteiger partial charge in [0, 0.05) is 6.10 Å². The van der Waals surface area contributed by atoms with Crippen molar-refractivity contribution in [2.45, 2.75) is 103 Å². The van der Waals surface area contributed by atoms with Gasteiger partial charge in [-0.15, -0.1) is 0 Å². The van der Waals surface area contributed by atoms with Crippen LogP contribution in [0.25, 0.3) is 0 Å². The zero-order valence-electron chi connectivity index (χ0n) is 17.5. The molecule has 0 spiro atoms. The van der Waals surface area contributed by atoms with E-state index >= 15 is 0 Å². The van der Waals surface area contributed by atoms with Gasteiger partial charge >= 0.3 is 0 Å². The van der Waals surface area contributed by atoms with Crippen LogP contribution in [-0.4, -0.2) is 30.2 Å². The van der Waals surface area contributed by atoms with Gasteiger partial charge in [0.2, 0.25) is 9.76 Å². The van der Waals surface area contributed by atoms with Gasteiger partial charge in [0.15, 0.2) is 0 Å². The Bertz CT molecular complexity index is 440. The van der Waals surface area contributed by atoms with Crippen molar-refractivity contribution >= 4 is 24.0 Å². The first-order valence-electron chi connectivity index (χ1n) is 10.2. The summed E-state index contributed by atoms with van der Waals surface area (Å²) < 4.78 is 12.3. The van der Waals surface area contributed by atoms with E-state index in [0.717, 1.165) is 12.8 Å². The van der Waals surface area contributed by atoms with Crippen LogP contribution in [0.4, 0.5) is 0 Å². The van der Waals surface area contributed by atoms with E-state index in [4.69, 9.17) is 8.85 Å². The predicted octanol–water partition coefficient (Wildman–Crippen LogP) is 5.58. The summed E-state index contributed by atoms with van der Waals surface area (Å²) in [6, 6.07) is 0. The quantitative estimate of drug-likeness (QED) is 0.514. The SMILES string of the molecule is CC(C)O[Si]C1CC2CC1CC2C(=O)O[Si](C(C)C)(C(C)C)C(C)C. The second kappa shape index (κ2) is 8.26. The van der Waals surface area contributed by atoms with Crippen LogP contribution in [0.3, 0.4) is 0 Å². The molecule has 0 saturated heterocycles. The number of carbonyl (C=O) groups is 1. The Kier molecular flexibility index (Phi) is 6.99. The van der Waals surface area contributed by atoms with Crippen molar-refractivity contribution in [3.05, 3.63) is 0 Å². The Balaban J connectivity index is 2.01. The average Bonchev–Trinajstić information content (AvgIpc) is 3.09. The van der Waals surface area contributed by atoms with Crippen LogP contribution in [0, 0.1) is 17.8 Å². The third-order valence-electron chi connectivity index (χ3n) is 6.60. The second-order valence-corrected chi connectivity index (χ2v) is 16.1. The Morgan fingerprint density at radius 1 is 0.880 bits per heavy atom. The lowest BCUT2D eigenvalue weighted by atomic mass is 9.89.